The third kappa shape index (κ3) is 6.16. The minimum absolute atomic E-state index is 0.0106. The highest BCUT2D eigenvalue weighted by Crippen LogP contribution is 2.29. The van der Waals surface area contributed by atoms with E-state index in [2.05, 4.69) is 36.4 Å². The molecule has 0 spiro atoms. The molecule has 0 aliphatic carbocycles. The minimum atomic E-state index is -0.392. The van der Waals surface area contributed by atoms with Gasteiger partial charge in [0.05, 0.1) is 12.2 Å². The highest BCUT2D eigenvalue weighted by atomic mass is 19.1. The number of halogens is 1. The van der Waals surface area contributed by atoms with E-state index in [4.69, 9.17) is 0 Å². The van der Waals surface area contributed by atoms with Gasteiger partial charge < -0.3 is 10.2 Å². The largest absolute Gasteiger partial charge is 0.347 e. The average molecular weight is 375 g/mol. The summed E-state index contributed by atoms with van der Waals surface area (Å²) in [5.74, 6) is -0.867. The molecule has 7 nitrogen and oxygen atoms in total. The Hall–Kier alpha value is -2.77. The number of nitrogens with one attached hydrogen (secondary N) is 1. The lowest BCUT2D eigenvalue weighted by Gasteiger charge is -2.27. The number of rotatable bonds is 6. The van der Waals surface area contributed by atoms with Crippen molar-refractivity contribution in [3.63, 3.8) is 0 Å². The van der Waals surface area contributed by atoms with Crippen LogP contribution in [0.15, 0.2) is 30.5 Å². The van der Waals surface area contributed by atoms with Crippen molar-refractivity contribution in [1.82, 2.24) is 25.2 Å². The molecule has 0 fully saturated rings. The molecule has 2 rings (SSSR count). The van der Waals surface area contributed by atoms with E-state index in [-0.39, 0.29) is 35.4 Å². The predicted molar refractivity (Wildman–Crippen MR) is 99.4 cm³/mol. The van der Waals surface area contributed by atoms with Crippen molar-refractivity contribution < 1.29 is 14.0 Å². The zero-order chi connectivity index (χ0) is 20.2. The van der Waals surface area contributed by atoms with Crippen LogP contribution in [0.3, 0.4) is 0 Å². The third-order valence-corrected chi connectivity index (χ3v) is 3.96. The number of likely N-dealkylation sites (N-methyl/N-ethyl adjacent to an activating group) is 1. The summed E-state index contributed by atoms with van der Waals surface area (Å²) in [6.07, 6.45) is 2.10. The highest BCUT2D eigenvalue weighted by molar-refractivity contribution is 5.92. The maximum absolute atomic E-state index is 13.2. The van der Waals surface area contributed by atoms with Crippen LogP contribution in [-0.4, -0.2) is 45.8 Å². The second-order valence-electron chi connectivity index (χ2n) is 7.93. The van der Waals surface area contributed by atoms with Crippen molar-refractivity contribution in [2.45, 2.75) is 39.8 Å². The van der Waals surface area contributed by atoms with Gasteiger partial charge in [-0.1, -0.05) is 38.1 Å². The van der Waals surface area contributed by atoms with Gasteiger partial charge in [-0.2, -0.15) is 0 Å². The summed E-state index contributed by atoms with van der Waals surface area (Å²) in [5, 5.41) is 10.6. The summed E-state index contributed by atoms with van der Waals surface area (Å²) in [5.41, 5.74) is 0.889. The molecule has 2 amide bonds. The molecule has 8 heteroatoms. The number of benzene rings is 1. The van der Waals surface area contributed by atoms with Crippen molar-refractivity contribution in [1.29, 1.82) is 0 Å². The van der Waals surface area contributed by atoms with Gasteiger partial charge in [-0.15, -0.1) is 5.10 Å². The van der Waals surface area contributed by atoms with E-state index < -0.39 is 5.91 Å². The molecule has 1 heterocycles. The molecule has 1 atom stereocenters. The van der Waals surface area contributed by atoms with Gasteiger partial charge in [0.2, 0.25) is 5.91 Å². The van der Waals surface area contributed by atoms with E-state index >= 15 is 0 Å². The van der Waals surface area contributed by atoms with Gasteiger partial charge in [0.15, 0.2) is 5.69 Å². The Morgan fingerprint density at radius 2 is 1.85 bits per heavy atom. The molecule has 146 valence electrons. The summed E-state index contributed by atoms with van der Waals surface area (Å²) < 4.78 is 14.6. The lowest BCUT2D eigenvalue weighted by atomic mass is 9.85. The normalized spacial score (nSPS) is 12.5. The Labute approximate surface area is 158 Å². The topological polar surface area (TPSA) is 80.1 Å². The summed E-state index contributed by atoms with van der Waals surface area (Å²) >= 11 is 0. The van der Waals surface area contributed by atoms with E-state index in [1.165, 1.54) is 27.9 Å². The molecular formula is C19H26FN5O2. The molecule has 0 unspecified atom stereocenters. The van der Waals surface area contributed by atoms with Crippen molar-refractivity contribution in [3.05, 3.63) is 47.5 Å². The maximum atomic E-state index is 13.2. The van der Waals surface area contributed by atoms with Crippen molar-refractivity contribution >= 4 is 11.8 Å². The third-order valence-electron chi connectivity index (χ3n) is 3.96. The standard InChI is InChI=1S/C19H26FN5O2/c1-19(2,3)10-15(13-6-8-14(20)9-7-13)21-18(27)16-11-25(23-22-16)12-17(26)24(4)5/h6-9,11,15H,10,12H2,1-5H3,(H,21,27)/t15-/m0/s1. The zero-order valence-corrected chi connectivity index (χ0v) is 16.4. The monoisotopic (exact) mass is 375 g/mol. The van der Waals surface area contributed by atoms with E-state index in [1.54, 1.807) is 26.2 Å². The SMILES string of the molecule is CN(C)C(=O)Cn1cc(C(=O)N[C@@H](CC(C)(C)C)c2ccc(F)cc2)nn1. The molecule has 2 aromatic rings. The molecule has 0 radical (unpaired) electrons. The van der Waals surface area contributed by atoms with Crippen LogP contribution in [0.4, 0.5) is 4.39 Å². The van der Waals surface area contributed by atoms with Gasteiger partial charge in [-0.3, -0.25) is 9.59 Å². The Bertz CT molecular complexity index is 793. The Morgan fingerprint density at radius 3 is 2.41 bits per heavy atom. The van der Waals surface area contributed by atoms with Crippen LogP contribution in [0.1, 0.15) is 49.3 Å². The second kappa shape index (κ2) is 8.28. The summed E-state index contributed by atoms with van der Waals surface area (Å²) in [7, 11) is 3.29. The smallest absolute Gasteiger partial charge is 0.273 e. The first-order chi connectivity index (χ1) is 12.5. The molecule has 1 aromatic heterocycles. The molecule has 0 bridgehead atoms. The molecule has 1 N–H and O–H groups in total. The van der Waals surface area contributed by atoms with Crippen LogP contribution in [0.5, 0.6) is 0 Å². The molecule has 0 aliphatic rings. The van der Waals surface area contributed by atoms with Gasteiger partial charge in [0.25, 0.3) is 5.91 Å². The van der Waals surface area contributed by atoms with Gasteiger partial charge in [-0.25, -0.2) is 9.07 Å². The summed E-state index contributed by atoms with van der Waals surface area (Å²) in [6, 6.07) is 5.78. The lowest BCUT2D eigenvalue weighted by Crippen LogP contribution is -2.31. The maximum Gasteiger partial charge on any atom is 0.273 e. The fourth-order valence-corrected chi connectivity index (χ4v) is 2.55. The van der Waals surface area contributed by atoms with Gasteiger partial charge in [0, 0.05) is 14.1 Å². The van der Waals surface area contributed by atoms with Crippen LogP contribution < -0.4 is 5.32 Å². The van der Waals surface area contributed by atoms with Gasteiger partial charge >= 0.3 is 0 Å². The fourth-order valence-electron chi connectivity index (χ4n) is 2.55. The molecule has 0 saturated heterocycles. The lowest BCUT2D eigenvalue weighted by molar-refractivity contribution is -0.129. The predicted octanol–water partition coefficient (Wildman–Crippen LogP) is 2.41. The first kappa shape index (κ1) is 20.5. The van der Waals surface area contributed by atoms with Crippen LogP contribution >= 0.6 is 0 Å². The van der Waals surface area contributed by atoms with Crippen LogP contribution in [0.25, 0.3) is 0 Å². The second-order valence-corrected chi connectivity index (χ2v) is 7.93. The van der Waals surface area contributed by atoms with E-state index in [0.29, 0.717) is 6.42 Å². The molecule has 0 aliphatic heterocycles. The summed E-state index contributed by atoms with van der Waals surface area (Å²) in [4.78, 5) is 25.8. The van der Waals surface area contributed by atoms with Crippen LogP contribution in [0.2, 0.25) is 0 Å². The fraction of sp³-hybridized carbons (Fsp3) is 0.474. The van der Waals surface area contributed by atoms with E-state index in [9.17, 15) is 14.0 Å². The van der Waals surface area contributed by atoms with Crippen molar-refractivity contribution in [3.8, 4) is 0 Å². The zero-order valence-electron chi connectivity index (χ0n) is 16.4. The number of carbonyl (C=O) groups excluding carboxylic acids is 2. The van der Waals surface area contributed by atoms with Crippen molar-refractivity contribution in [2.75, 3.05) is 14.1 Å². The Balaban J connectivity index is 2.14. The molecule has 27 heavy (non-hydrogen) atoms. The van der Waals surface area contributed by atoms with E-state index in [0.717, 1.165) is 5.56 Å². The van der Waals surface area contributed by atoms with Crippen molar-refractivity contribution in [2.24, 2.45) is 5.41 Å². The van der Waals surface area contributed by atoms with E-state index in [1.807, 2.05) is 0 Å². The molecule has 1 aromatic carbocycles. The first-order valence-electron chi connectivity index (χ1n) is 8.72. The molecule has 0 saturated carbocycles. The van der Waals surface area contributed by atoms with Crippen LogP contribution in [-0.2, 0) is 11.3 Å². The summed E-state index contributed by atoms with van der Waals surface area (Å²) in [6.45, 7) is 6.22. The number of carbonyl (C=O) groups is 2. The minimum Gasteiger partial charge on any atom is -0.347 e. The Kier molecular flexibility index (Phi) is 6.30. The number of aromatic nitrogens is 3. The van der Waals surface area contributed by atoms with Gasteiger partial charge in [0.1, 0.15) is 12.4 Å². The van der Waals surface area contributed by atoms with Crippen LogP contribution in [0, 0.1) is 11.2 Å². The highest BCUT2D eigenvalue weighted by Gasteiger charge is 2.24. The number of nitrogens with zero attached hydrogens (tertiary/aromatic N) is 4. The number of hydrogen-bond acceptors (Lipinski definition) is 4. The first-order valence-corrected chi connectivity index (χ1v) is 8.72. The van der Waals surface area contributed by atoms with Gasteiger partial charge in [-0.05, 0) is 29.5 Å². The average Bonchev–Trinajstić information content (AvgIpc) is 3.02. The molecular weight excluding hydrogens is 349 g/mol. The quantitative estimate of drug-likeness (QED) is 0.841. The number of amides is 2. The number of hydrogen-bond donors (Lipinski definition) is 1. The Morgan fingerprint density at radius 1 is 1.22 bits per heavy atom.